The van der Waals surface area contributed by atoms with Crippen LogP contribution in [0, 0.1) is 6.92 Å². The van der Waals surface area contributed by atoms with Crippen molar-refractivity contribution in [2.45, 2.75) is 13.0 Å². The number of hydrogen-bond acceptors (Lipinski definition) is 4. The quantitative estimate of drug-likeness (QED) is 0.933. The monoisotopic (exact) mass is 275 g/mol. The maximum atomic E-state index is 5.81. The summed E-state index contributed by atoms with van der Waals surface area (Å²) in [7, 11) is 1.98. The number of rotatable bonds is 3. The summed E-state index contributed by atoms with van der Waals surface area (Å²) in [6.07, 6.45) is 0. The Kier molecular flexibility index (Phi) is 3.44. The highest BCUT2D eigenvalue weighted by Gasteiger charge is 2.23. The minimum atomic E-state index is 0.150. The van der Waals surface area contributed by atoms with Crippen LogP contribution in [0.1, 0.15) is 22.0 Å². The van der Waals surface area contributed by atoms with Gasteiger partial charge in [0.15, 0.2) is 11.5 Å². The Hall–Kier alpha value is -1.52. The normalized spacial score (nSPS) is 15.3. The van der Waals surface area contributed by atoms with E-state index in [2.05, 4.69) is 29.8 Å². The molecule has 100 valence electrons. The summed E-state index contributed by atoms with van der Waals surface area (Å²) in [5.41, 5.74) is 2.45. The zero-order valence-electron chi connectivity index (χ0n) is 11.1. The largest absolute Gasteiger partial charge is 0.486 e. The van der Waals surface area contributed by atoms with Crippen molar-refractivity contribution in [3.63, 3.8) is 0 Å². The number of fused-ring (bicyclic) bond motifs is 1. The molecule has 0 amide bonds. The molecule has 3 rings (SSSR count). The summed E-state index contributed by atoms with van der Waals surface area (Å²) in [6, 6.07) is 8.39. The van der Waals surface area contributed by atoms with Crippen LogP contribution in [-0.2, 0) is 0 Å². The molecule has 0 radical (unpaired) electrons. The molecule has 3 nitrogen and oxygen atoms in total. The first-order valence-electron chi connectivity index (χ1n) is 6.41. The number of benzene rings is 1. The lowest BCUT2D eigenvalue weighted by Crippen LogP contribution is -2.22. The van der Waals surface area contributed by atoms with Crippen molar-refractivity contribution < 1.29 is 9.47 Å². The summed E-state index contributed by atoms with van der Waals surface area (Å²) >= 11 is 1.77. The first kappa shape index (κ1) is 12.5. The van der Waals surface area contributed by atoms with Gasteiger partial charge in [0.05, 0.1) is 6.04 Å². The molecular weight excluding hydrogens is 258 g/mol. The van der Waals surface area contributed by atoms with E-state index in [4.69, 9.17) is 9.47 Å². The Bertz CT molecular complexity index is 579. The third kappa shape index (κ3) is 2.22. The SMILES string of the molecule is CNC(c1cccc2c1OCCO2)c1sccc1C. The van der Waals surface area contributed by atoms with Gasteiger partial charge in [-0.05, 0) is 37.0 Å². The van der Waals surface area contributed by atoms with Crippen molar-refractivity contribution in [3.05, 3.63) is 45.6 Å². The van der Waals surface area contributed by atoms with Gasteiger partial charge < -0.3 is 14.8 Å². The Morgan fingerprint density at radius 2 is 2.05 bits per heavy atom. The highest BCUT2D eigenvalue weighted by molar-refractivity contribution is 7.10. The van der Waals surface area contributed by atoms with E-state index in [0.29, 0.717) is 13.2 Å². The molecule has 1 aromatic heterocycles. The van der Waals surface area contributed by atoms with Crippen LogP contribution in [0.25, 0.3) is 0 Å². The van der Waals surface area contributed by atoms with E-state index >= 15 is 0 Å². The standard InChI is InChI=1S/C15H17NO2S/c1-10-6-9-19-15(10)13(16-2)11-4-3-5-12-14(11)18-8-7-17-12/h3-6,9,13,16H,7-8H2,1-2H3. The van der Waals surface area contributed by atoms with Crippen molar-refractivity contribution in [1.82, 2.24) is 5.32 Å². The van der Waals surface area contributed by atoms with Crippen molar-refractivity contribution in [3.8, 4) is 11.5 Å². The molecule has 1 unspecified atom stereocenters. The van der Waals surface area contributed by atoms with Gasteiger partial charge in [-0.15, -0.1) is 11.3 Å². The second-order valence-corrected chi connectivity index (χ2v) is 5.51. The van der Waals surface area contributed by atoms with Gasteiger partial charge in [-0.3, -0.25) is 0 Å². The van der Waals surface area contributed by atoms with Gasteiger partial charge in [0, 0.05) is 10.4 Å². The number of nitrogens with one attached hydrogen (secondary N) is 1. The molecule has 0 aliphatic carbocycles. The lowest BCUT2D eigenvalue weighted by Gasteiger charge is -2.25. The maximum absolute atomic E-state index is 5.81. The maximum Gasteiger partial charge on any atom is 0.166 e. The Morgan fingerprint density at radius 1 is 1.21 bits per heavy atom. The smallest absolute Gasteiger partial charge is 0.166 e. The summed E-state index contributed by atoms with van der Waals surface area (Å²) < 4.78 is 11.5. The minimum Gasteiger partial charge on any atom is -0.486 e. The highest BCUT2D eigenvalue weighted by atomic mass is 32.1. The second-order valence-electron chi connectivity index (χ2n) is 4.56. The van der Waals surface area contributed by atoms with Crippen LogP contribution in [-0.4, -0.2) is 20.3 Å². The third-order valence-electron chi connectivity index (χ3n) is 3.36. The Balaban J connectivity index is 2.07. The zero-order chi connectivity index (χ0) is 13.2. The van der Waals surface area contributed by atoms with Crippen molar-refractivity contribution in [2.75, 3.05) is 20.3 Å². The van der Waals surface area contributed by atoms with Crippen LogP contribution in [0.15, 0.2) is 29.6 Å². The van der Waals surface area contributed by atoms with Crippen LogP contribution < -0.4 is 14.8 Å². The summed E-state index contributed by atoms with van der Waals surface area (Å²) in [5.74, 6) is 1.72. The number of thiophene rings is 1. The van der Waals surface area contributed by atoms with E-state index in [0.717, 1.165) is 17.1 Å². The van der Waals surface area contributed by atoms with E-state index in [1.54, 1.807) is 11.3 Å². The van der Waals surface area contributed by atoms with E-state index < -0.39 is 0 Å². The lowest BCUT2D eigenvalue weighted by atomic mass is 10.0. The molecule has 1 aromatic carbocycles. The fourth-order valence-corrected chi connectivity index (χ4v) is 3.49. The molecule has 0 saturated carbocycles. The number of aryl methyl sites for hydroxylation is 1. The molecule has 1 aliphatic heterocycles. The van der Waals surface area contributed by atoms with Crippen LogP contribution >= 0.6 is 11.3 Å². The van der Waals surface area contributed by atoms with E-state index in [1.165, 1.54) is 10.4 Å². The predicted octanol–water partition coefficient (Wildman–Crippen LogP) is 3.14. The topological polar surface area (TPSA) is 30.5 Å². The van der Waals surface area contributed by atoms with Crippen LogP contribution in [0.3, 0.4) is 0 Å². The number of hydrogen-bond donors (Lipinski definition) is 1. The van der Waals surface area contributed by atoms with Crippen molar-refractivity contribution >= 4 is 11.3 Å². The Labute approximate surface area is 117 Å². The molecule has 1 aliphatic rings. The van der Waals surface area contributed by atoms with Gasteiger partial charge in [0.2, 0.25) is 0 Å². The average molecular weight is 275 g/mol. The van der Waals surface area contributed by atoms with Crippen molar-refractivity contribution in [1.29, 1.82) is 0 Å². The molecule has 1 N–H and O–H groups in total. The summed E-state index contributed by atoms with van der Waals surface area (Å²) in [5, 5.41) is 5.51. The van der Waals surface area contributed by atoms with Gasteiger partial charge in [-0.25, -0.2) is 0 Å². The highest BCUT2D eigenvalue weighted by Crippen LogP contribution is 2.40. The molecule has 19 heavy (non-hydrogen) atoms. The first-order chi connectivity index (χ1) is 9.31. The summed E-state index contributed by atoms with van der Waals surface area (Å²) in [4.78, 5) is 1.32. The van der Waals surface area contributed by atoms with E-state index in [1.807, 2.05) is 19.2 Å². The molecule has 2 aromatic rings. The molecule has 0 saturated heterocycles. The lowest BCUT2D eigenvalue weighted by molar-refractivity contribution is 0.169. The van der Waals surface area contributed by atoms with Crippen LogP contribution in [0.2, 0.25) is 0 Å². The second kappa shape index (κ2) is 5.23. The van der Waals surface area contributed by atoms with Gasteiger partial charge in [-0.1, -0.05) is 12.1 Å². The minimum absolute atomic E-state index is 0.150. The van der Waals surface area contributed by atoms with Gasteiger partial charge in [-0.2, -0.15) is 0 Å². The fourth-order valence-electron chi connectivity index (χ4n) is 2.43. The van der Waals surface area contributed by atoms with Crippen LogP contribution in [0.5, 0.6) is 11.5 Å². The molecule has 1 atom stereocenters. The van der Waals surface area contributed by atoms with Crippen molar-refractivity contribution in [2.24, 2.45) is 0 Å². The zero-order valence-corrected chi connectivity index (χ0v) is 11.9. The average Bonchev–Trinajstić information content (AvgIpc) is 2.86. The fraction of sp³-hybridized carbons (Fsp3) is 0.333. The van der Waals surface area contributed by atoms with Gasteiger partial charge in [0.1, 0.15) is 13.2 Å². The predicted molar refractivity (Wildman–Crippen MR) is 77.4 cm³/mol. The van der Waals surface area contributed by atoms with E-state index in [9.17, 15) is 0 Å². The molecule has 0 fully saturated rings. The van der Waals surface area contributed by atoms with Gasteiger partial charge in [0.25, 0.3) is 0 Å². The molecule has 4 heteroatoms. The molecule has 0 bridgehead atoms. The first-order valence-corrected chi connectivity index (χ1v) is 7.29. The number of para-hydroxylation sites is 1. The molecule has 2 heterocycles. The number of ether oxygens (including phenoxy) is 2. The molecular formula is C15H17NO2S. The van der Waals surface area contributed by atoms with E-state index in [-0.39, 0.29) is 6.04 Å². The Morgan fingerprint density at radius 3 is 2.79 bits per heavy atom. The van der Waals surface area contributed by atoms with Crippen LogP contribution in [0.4, 0.5) is 0 Å². The third-order valence-corrected chi connectivity index (χ3v) is 4.44. The van der Waals surface area contributed by atoms with Gasteiger partial charge >= 0.3 is 0 Å². The summed E-state index contributed by atoms with van der Waals surface area (Å²) in [6.45, 7) is 3.38. The molecule has 0 spiro atoms.